The van der Waals surface area contributed by atoms with E-state index in [1.165, 1.54) is 33.6 Å². The van der Waals surface area contributed by atoms with E-state index < -0.39 is 11.7 Å². The molecule has 2 rings (SSSR count). The van der Waals surface area contributed by atoms with Crippen LogP contribution in [0.2, 0.25) is 5.15 Å². The Morgan fingerprint density at radius 1 is 1.57 bits per heavy atom. The number of anilines is 1. The average molecular weight is 355 g/mol. The van der Waals surface area contributed by atoms with Crippen molar-refractivity contribution in [3.63, 3.8) is 0 Å². The molecule has 2 aromatic rings. The number of hydrogen-bond acceptors (Lipinski definition) is 4. The molecule has 0 N–H and O–H groups in total. The summed E-state index contributed by atoms with van der Waals surface area (Å²) in [6, 6.07) is 1.28. The predicted octanol–water partition coefficient (Wildman–Crippen LogP) is 3.39. The summed E-state index contributed by atoms with van der Waals surface area (Å²) in [5.74, 6) is -0.575. The van der Waals surface area contributed by atoms with Crippen molar-refractivity contribution in [3.05, 3.63) is 48.8 Å². The molecule has 2 heterocycles. The molecular weight excluding hydrogens is 339 g/mol. The number of hydrogen-bond donors (Lipinski definition) is 0. The normalized spacial score (nSPS) is 12.2. The van der Waals surface area contributed by atoms with Crippen LogP contribution in [0.25, 0.3) is 5.69 Å². The SMILES string of the molecule is [CH2-]SCC([CH2-])C(=O)N(CC)c1cn(-c2cncc(F)c2)nc1Cl. The van der Waals surface area contributed by atoms with Gasteiger partial charge in [-0.3, -0.25) is 16.0 Å². The molecule has 2 aromatic heterocycles. The quantitative estimate of drug-likeness (QED) is 0.746. The van der Waals surface area contributed by atoms with Gasteiger partial charge >= 0.3 is 0 Å². The van der Waals surface area contributed by atoms with Crippen LogP contribution in [0.5, 0.6) is 0 Å². The minimum Gasteiger partial charge on any atom is -0.356 e. The highest BCUT2D eigenvalue weighted by atomic mass is 35.5. The first-order chi connectivity index (χ1) is 11.0. The molecule has 124 valence electrons. The molecule has 0 aromatic carbocycles. The molecule has 8 heteroatoms. The van der Waals surface area contributed by atoms with Crippen LogP contribution in [0.1, 0.15) is 6.92 Å². The molecule has 1 unspecified atom stereocenters. The van der Waals surface area contributed by atoms with E-state index in [1.807, 2.05) is 6.92 Å². The zero-order valence-electron chi connectivity index (χ0n) is 12.6. The Kier molecular flexibility index (Phi) is 6.01. The third-order valence-corrected chi connectivity index (χ3v) is 4.06. The third kappa shape index (κ3) is 4.03. The molecule has 1 atom stereocenters. The van der Waals surface area contributed by atoms with Gasteiger partial charge in [-0.05, 0) is 6.92 Å². The van der Waals surface area contributed by atoms with Crippen molar-refractivity contribution in [2.45, 2.75) is 6.92 Å². The highest BCUT2D eigenvalue weighted by Crippen LogP contribution is 2.27. The number of aromatic nitrogens is 3. The summed E-state index contributed by atoms with van der Waals surface area (Å²) in [6.45, 7) is 6.10. The summed E-state index contributed by atoms with van der Waals surface area (Å²) < 4.78 is 14.7. The van der Waals surface area contributed by atoms with Crippen LogP contribution in [0.15, 0.2) is 24.7 Å². The summed E-state index contributed by atoms with van der Waals surface area (Å²) in [5, 5.41) is 4.27. The Labute approximate surface area is 143 Å². The Morgan fingerprint density at radius 3 is 2.91 bits per heavy atom. The van der Waals surface area contributed by atoms with Crippen LogP contribution in [-0.4, -0.2) is 33.0 Å². The molecule has 0 fully saturated rings. The molecule has 0 aliphatic carbocycles. The van der Waals surface area contributed by atoms with Crippen LogP contribution < -0.4 is 4.90 Å². The number of carbonyl (C=O) groups excluding carboxylic acids is 1. The molecule has 1 amide bonds. The first-order valence-electron chi connectivity index (χ1n) is 6.85. The molecule has 5 nitrogen and oxygen atoms in total. The first kappa shape index (κ1) is 17.7. The molecule has 0 saturated heterocycles. The fourth-order valence-electron chi connectivity index (χ4n) is 2.06. The lowest BCUT2D eigenvalue weighted by Crippen LogP contribution is -2.36. The molecular formula is C15H16ClFN4OS-2. The standard InChI is InChI=1S/C15H16ClFN4OS/c1-4-20(15(22)10(2)9-23-3)13-8-21(19-14(13)16)12-5-11(17)6-18-7-12/h5-8,10H,2-4,9H2,1H3/q-2. The molecule has 0 radical (unpaired) electrons. The molecule has 0 aliphatic rings. The number of carbonyl (C=O) groups is 1. The van der Waals surface area contributed by atoms with Crippen LogP contribution in [0.4, 0.5) is 10.1 Å². The topological polar surface area (TPSA) is 51.0 Å². The van der Waals surface area contributed by atoms with E-state index in [1.54, 1.807) is 6.20 Å². The second-order valence-electron chi connectivity index (χ2n) is 4.76. The lowest BCUT2D eigenvalue weighted by atomic mass is 10.2. The molecule has 23 heavy (non-hydrogen) atoms. The smallest absolute Gasteiger partial charge is 0.200 e. The van der Waals surface area contributed by atoms with Gasteiger partial charge in [0.15, 0.2) is 5.15 Å². The van der Waals surface area contributed by atoms with Gasteiger partial charge in [-0.25, -0.2) is 9.07 Å². The second kappa shape index (κ2) is 7.79. The van der Waals surface area contributed by atoms with E-state index in [4.69, 9.17) is 11.6 Å². The summed E-state index contributed by atoms with van der Waals surface area (Å²) in [7, 11) is 0. The third-order valence-electron chi connectivity index (χ3n) is 3.15. The number of halogens is 2. The largest absolute Gasteiger partial charge is 0.356 e. The molecule has 0 saturated carbocycles. The summed E-state index contributed by atoms with van der Waals surface area (Å²) in [4.78, 5) is 17.8. The van der Waals surface area contributed by atoms with E-state index in [2.05, 4.69) is 23.3 Å². The van der Waals surface area contributed by atoms with Gasteiger partial charge in [-0.15, -0.1) is 0 Å². The number of nitrogens with zero attached hydrogens (tertiary/aromatic N) is 4. The van der Waals surface area contributed by atoms with Crippen LogP contribution >= 0.6 is 23.4 Å². The predicted molar refractivity (Wildman–Crippen MR) is 91.0 cm³/mol. The highest BCUT2D eigenvalue weighted by Gasteiger charge is 2.21. The van der Waals surface area contributed by atoms with E-state index in [9.17, 15) is 9.18 Å². The van der Waals surface area contributed by atoms with E-state index in [0.717, 1.165) is 6.20 Å². The van der Waals surface area contributed by atoms with E-state index in [-0.39, 0.29) is 11.1 Å². The fraction of sp³-hybridized carbons (Fsp3) is 0.267. The number of amides is 1. The van der Waals surface area contributed by atoms with Gasteiger partial charge < -0.3 is 23.6 Å². The van der Waals surface area contributed by atoms with Crippen LogP contribution in [0, 0.1) is 24.9 Å². The van der Waals surface area contributed by atoms with Crippen molar-refractivity contribution in [3.8, 4) is 5.69 Å². The Morgan fingerprint density at radius 2 is 2.30 bits per heavy atom. The number of thioether (sulfide) groups is 1. The number of pyridine rings is 1. The van der Waals surface area contributed by atoms with Gasteiger partial charge in [-0.1, -0.05) is 23.3 Å². The Balaban J connectivity index is 2.33. The van der Waals surface area contributed by atoms with Crippen molar-refractivity contribution in [2.24, 2.45) is 5.92 Å². The van der Waals surface area contributed by atoms with Gasteiger partial charge in [0.1, 0.15) is 11.5 Å². The summed E-state index contributed by atoms with van der Waals surface area (Å²) >= 11 is 7.46. The van der Waals surface area contributed by atoms with Crippen molar-refractivity contribution in [1.82, 2.24) is 14.8 Å². The van der Waals surface area contributed by atoms with Gasteiger partial charge in [0, 0.05) is 12.6 Å². The molecule has 0 bridgehead atoms. The molecule has 0 spiro atoms. The second-order valence-corrected chi connectivity index (χ2v) is 5.86. The first-order valence-corrected chi connectivity index (χ1v) is 8.38. The average Bonchev–Trinajstić information content (AvgIpc) is 2.90. The Hall–Kier alpha value is -1.60. The minimum atomic E-state index is -0.482. The van der Waals surface area contributed by atoms with Crippen molar-refractivity contribution in [2.75, 3.05) is 17.2 Å². The number of rotatable bonds is 6. The maximum absolute atomic E-state index is 13.3. The minimum absolute atomic E-state index is 0.152. The van der Waals surface area contributed by atoms with Gasteiger partial charge in [0.25, 0.3) is 0 Å². The van der Waals surface area contributed by atoms with E-state index >= 15 is 0 Å². The van der Waals surface area contributed by atoms with Crippen LogP contribution in [-0.2, 0) is 4.79 Å². The van der Waals surface area contributed by atoms with Gasteiger partial charge in [-0.2, -0.15) is 5.10 Å². The van der Waals surface area contributed by atoms with Gasteiger partial charge in [0.2, 0.25) is 5.91 Å². The maximum Gasteiger partial charge on any atom is 0.200 e. The summed E-state index contributed by atoms with van der Waals surface area (Å²) in [5.41, 5.74) is 0.868. The Bertz CT molecular complexity index is 694. The van der Waals surface area contributed by atoms with Gasteiger partial charge in [0.05, 0.1) is 24.3 Å². The van der Waals surface area contributed by atoms with Crippen molar-refractivity contribution < 1.29 is 9.18 Å². The lowest BCUT2D eigenvalue weighted by Gasteiger charge is -2.27. The van der Waals surface area contributed by atoms with Crippen molar-refractivity contribution in [1.29, 1.82) is 0 Å². The monoisotopic (exact) mass is 354 g/mol. The fourth-order valence-corrected chi connectivity index (χ4v) is 2.72. The maximum atomic E-state index is 13.3. The highest BCUT2D eigenvalue weighted by molar-refractivity contribution is 8.00. The van der Waals surface area contributed by atoms with Crippen molar-refractivity contribution >= 4 is 35.0 Å². The van der Waals surface area contributed by atoms with Crippen LogP contribution in [0.3, 0.4) is 0 Å². The lowest BCUT2D eigenvalue weighted by molar-refractivity contribution is -0.120. The molecule has 0 aliphatic heterocycles. The zero-order valence-corrected chi connectivity index (χ0v) is 14.1. The summed E-state index contributed by atoms with van der Waals surface area (Å²) in [6.07, 6.45) is 7.78. The zero-order chi connectivity index (χ0) is 17.0. The van der Waals surface area contributed by atoms with E-state index in [0.29, 0.717) is 23.7 Å².